The molecule has 260 valence electrons. The van der Waals surface area contributed by atoms with Gasteiger partial charge >= 0.3 is 0 Å². The van der Waals surface area contributed by atoms with E-state index in [0.717, 1.165) is 31.3 Å². The molecule has 0 aromatic heterocycles. The number of methoxy groups -OCH3 is 2. The van der Waals surface area contributed by atoms with Crippen molar-refractivity contribution in [3.05, 3.63) is 11.6 Å². The number of hydrogen-bond acceptors (Lipinski definition) is 10. The van der Waals surface area contributed by atoms with Crippen molar-refractivity contribution in [2.75, 3.05) is 27.4 Å². The van der Waals surface area contributed by atoms with Crippen LogP contribution in [-0.4, -0.2) is 113 Å². The number of fused-ring (bicyclic) bond motifs is 5. The molecule has 17 atom stereocenters. The Morgan fingerprint density at radius 1 is 0.933 bits per heavy atom. The van der Waals surface area contributed by atoms with Crippen LogP contribution in [0, 0.1) is 46.3 Å². The van der Waals surface area contributed by atoms with Crippen LogP contribution >= 0.6 is 0 Å². The fourth-order valence-electron chi connectivity index (χ4n) is 10.8. The van der Waals surface area contributed by atoms with Crippen molar-refractivity contribution in [1.82, 2.24) is 0 Å². The summed E-state index contributed by atoms with van der Waals surface area (Å²) in [6.07, 6.45) is 0.645. The molecule has 4 fully saturated rings. The highest BCUT2D eigenvalue weighted by atomic mass is 16.7. The predicted molar refractivity (Wildman–Crippen MR) is 167 cm³/mol. The van der Waals surface area contributed by atoms with E-state index in [-0.39, 0.29) is 49.4 Å². The number of rotatable bonds is 10. The Hall–Kier alpha value is -0.660. The number of ether oxygens (including phenoxy) is 4. The third-order valence-electron chi connectivity index (χ3n) is 13.5. The summed E-state index contributed by atoms with van der Waals surface area (Å²) in [7, 11) is 3.06. The number of aliphatic hydroxyl groups excluding tert-OH is 5. The zero-order valence-corrected chi connectivity index (χ0v) is 28.3. The zero-order chi connectivity index (χ0) is 33.1. The van der Waals surface area contributed by atoms with Gasteiger partial charge in [-0.2, -0.15) is 0 Å². The minimum absolute atomic E-state index is 0.0660. The van der Waals surface area contributed by atoms with Gasteiger partial charge in [-0.15, -0.1) is 0 Å². The molecule has 1 aliphatic heterocycles. The van der Waals surface area contributed by atoms with Gasteiger partial charge in [-0.25, -0.2) is 0 Å². The van der Waals surface area contributed by atoms with Crippen LogP contribution in [-0.2, 0) is 18.9 Å². The first-order valence-electron chi connectivity index (χ1n) is 17.3. The van der Waals surface area contributed by atoms with Crippen LogP contribution in [0.2, 0.25) is 0 Å². The second-order valence-corrected chi connectivity index (χ2v) is 15.9. The lowest BCUT2D eigenvalue weighted by Crippen LogP contribution is -2.66. The number of aliphatic hydroxyl groups is 6. The summed E-state index contributed by atoms with van der Waals surface area (Å²) in [5.41, 5.74) is -1.47. The van der Waals surface area contributed by atoms with E-state index in [0.29, 0.717) is 18.8 Å². The third kappa shape index (κ3) is 5.87. The lowest BCUT2D eigenvalue weighted by Gasteiger charge is -2.64. The first-order valence-corrected chi connectivity index (χ1v) is 17.3. The molecule has 6 N–H and O–H groups in total. The summed E-state index contributed by atoms with van der Waals surface area (Å²) in [4.78, 5) is 0. The lowest BCUT2D eigenvalue weighted by atomic mass is 9.43. The second-order valence-electron chi connectivity index (χ2n) is 15.9. The first kappa shape index (κ1) is 35.6. The largest absolute Gasteiger partial charge is 0.396 e. The van der Waals surface area contributed by atoms with E-state index in [1.165, 1.54) is 14.2 Å². The van der Waals surface area contributed by atoms with Crippen LogP contribution in [0.15, 0.2) is 11.6 Å². The van der Waals surface area contributed by atoms with Crippen LogP contribution in [0.4, 0.5) is 0 Å². The Labute approximate surface area is 269 Å². The molecule has 5 rings (SSSR count). The molecule has 0 radical (unpaired) electrons. The van der Waals surface area contributed by atoms with Gasteiger partial charge in [0.15, 0.2) is 6.29 Å². The van der Waals surface area contributed by atoms with E-state index in [2.05, 4.69) is 34.6 Å². The van der Waals surface area contributed by atoms with Gasteiger partial charge in [-0.05, 0) is 71.7 Å². The van der Waals surface area contributed by atoms with E-state index in [1.54, 1.807) is 0 Å². The molecule has 4 aliphatic carbocycles. The fraction of sp³-hybridized carbons (Fsp3) is 0.943. The minimum Gasteiger partial charge on any atom is -0.396 e. The van der Waals surface area contributed by atoms with Crippen molar-refractivity contribution in [3.63, 3.8) is 0 Å². The van der Waals surface area contributed by atoms with Crippen molar-refractivity contribution in [2.45, 2.75) is 134 Å². The Kier molecular flexibility index (Phi) is 10.6. The summed E-state index contributed by atoms with van der Waals surface area (Å²) in [6.45, 7) is 10.8. The van der Waals surface area contributed by atoms with Crippen molar-refractivity contribution in [3.8, 4) is 0 Å². The fourth-order valence-corrected chi connectivity index (χ4v) is 10.8. The summed E-state index contributed by atoms with van der Waals surface area (Å²) >= 11 is 0. The van der Waals surface area contributed by atoms with E-state index in [9.17, 15) is 30.6 Å². The van der Waals surface area contributed by atoms with Crippen molar-refractivity contribution in [1.29, 1.82) is 0 Å². The van der Waals surface area contributed by atoms with Gasteiger partial charge in [0.1, 0.15) is 18.3 Å². The highest BCUT2D eigenvalue weighted by Crippen LogP contribution is 2.69. The second kappa shape index (κ2) is 13.3. The summed E-state index contributed by atoms with van der Waals surface area (Å²) < 4.78 is 23.2. The molecule has 10 nitrogen and oxygen atoms in total. The maximum absolute atomic E-state index is 12.7. The van der Waals surface area contributed by atoms with Crippen LogP contribution < -0.4 is 0 Å². The quantitative estimate of drug-likeness (QED) is 0.196. The Morgan fingerprint density at radius 2 is 1.62 bits per heavy atom. The van der Waals surface area contributed by atoms with Gasteiger partial charge in [-0.1, -0.05) is 53.5 Å². The minimum atomic E-state index is -1.34. The molecule has 0 spiro atoms. The SMILES string of the molecule is CO[C@@H]1[C@@H](OC)[C@H](O[C@@H]2C=C3[C@H](O)C[C@@]4(O)[C@@H]5[C@@H](O)[C@H](O)[C@H]([C@H](C)CC[C@H](C)C(C)CO)[C@@]5(C)CC[C@@H]4[C@@]3(C)CC2)OC[C@H]1O. The molecular formula is C35H60O10. The Morgan fingerprint density at radius 3 is 2.27 bits per heavy atom. The normalized spacial score (nSPS) is 50.2. The molecule has 0 bridgehead atoms. The maximum Gasteiger partial charge on any atom is 0.187 e. The molecule has 45 heavy (non-hydrogen) atoms. The molecule has 0 aromatic carbocycles. The van der Waals surface area contributed by atoms with Gasteiger partial charge < -0.3 is 49.6 Å². The standard InChI is InChI=1S/C35H60O10/c1-18(20(3)16-36)8-9-19(2)26-27(39)28(40)31-34(26,5)13-11-25-33(4)12-10-21(14-22(33)23(37)15-35(25,31)41)45-32-30(43-7)29(42-6)24(38)17-44-32/h14,18-21,23-32,36-41H,8-13,15-17H2,1-7H3/t18-,19+,20?,21-,23+,24+,25+,26-,27+,28-,29-,30+,31+,32-,33-,34+,35-/m0/s1. The predicted octanol–water partition coefficient (Wildman–Crippen LogP) is 2.41. The van der Waals surface area contributed by atoms with E-state index < -0.39 is 65.3 Å². The van der Waals surface area contributed by atoms with Gasteiger partial charge in [-0.3, -0.25) is 0 Å². The van der Waals surface area contributed by atoms with Crippen molar-refractivity contribution in [2.24, 2.45) is 46.3 Å². The Balaban J connectivity index is 1.36. The molecule has 5 aliphatic rings. The van der Waals surface area contributed by atoms with E-state index >= 15 is 0 Å². The molecule has 10 heteroatoms. The van der Waals surface area contributed by atoms with Crippen LogP contribution in [0.5, 0.6) is 0 Å². The summed E-state index contributed by atoms with van der Waals surface area (Å²) in [6, 6.07) is 0. The molecule has 3 saturated carbocycles. The smallest absolute Gasteiger partial charge is 0.187 e. The molecular weight excluding hydrogens is 580 g/mol. The van der Waals surface area contributed by atoms with E-state index in [4.69, 9.17) is 18.9 Å². The highest BCUT2D eigenvalue weighted by Gasteiger charge is 2.72. The van der Waals surface area contributed by atoms with Gasteiger partial charge in [0, 0.05) is 33.2 Å². The van der Waals surface area contributed by atoms with Crippen molar-refractivity contribution >= 4 is 0 Å². The number of hydrogen-bond donors (Lipinski definition) is 6. The van der Waals surface area contributed by atoms with Gasteiger partial charge in [0.05, 0.1) is 36.6 Å². The highest BCUT2D eigenvalue weighted by molar-refractivity contribution is 5.33. The molecule has 0 aromatic rings. The van der Waals surface area contributed by atoms with Crippen LogP contribution in [0.1, 0.15) is 79.6 Å². The van der Waals surface area contributed by atoms with Gasteiger partial charge in [0.2, 0.25) is 0 Å². The molecule has 1 saturated heterocycles. The van der Waals surface area contributed by atoms with Gasteiger partial charge in [0.25, 0.3) is 0 Å². The molecule has 1 unspecified atom stereocenters. The zero-order valence-electron chi connectivity index (χ0n) is 28.3. The first-order chi connectivity index (χ1) is 21.2. The maximum atomic E-state index is 12.7. The summed E-state index contributed by atoms with van der Waals surface area (Å²) in [5.74, 6) is -0.246. The monoisotopic (exact) mass is 640 g/mol. The van der Waals surface area contributed by atoms with Crippen LogP contribution in [0.3, 0.4) is 0 Å². The van der Waals surface area contributed by atoms with Crippen molar-refractivity contribution < 1.29 is 49.6 Å². The average molecular weight is 641 g/mol. The lowest BCUT2D eigenvalue weighted by molar-refractivity contribution is -0.289. The summed E-state index contributed by atoms with van der Waals surface area (Å²) in [5, 5.41) is 67.5. The van der Waals surface area contributed by atoms with E-state index in [1.807, 2.05) is 6.08 Å². The average Bonchev–Trinajstić information content (AvgIpc) is 3.21. The van der Waals surface area contributed by atoms with Crippen LogP contribution in [0.25, 0.3) is 0 Å². The topological polar surface area (TPSA) is 158 Å². The Bertz CT molecular complexity index is 1060. The molecule has 1 heterocycles. The molecule has 0 amide bonds. The third-order valence-corrected chi connectivity index (χ3v) is 13.5.